The van der Waals surface area contributed by atoms with Gasteiger partial charge in [0.05, 0.1) is 32.3 Å². The molecule has 0 aliphatic carbocycles. The minimum absolute atomic E-state index is 0.0214. The second-order valence-corrected chi connectivity index (χ2v) is 8.42. The molecular formula is C26H16Cl2FN5. The zero-order chi connectivity index (χ0) is 23.7. The molecule has 5 nitrogen and oxygen atoms in total. The Balaban J connectivity index is 1.54. The molecule has 2 heterocycles. The van der Waals surface area contributed by atoms with Crippen LogP contribution in [0.15, 0.2) is 73.1 Å². The normalized spacial score (nSPS) is 10.9. The number of aromatic nitrogens is 2. The number of fused-ring (bicyclic) bond motifs is 2. The van der Waals surface area contributed by atoms with Gasteiger partial charge in [0.15, 0.2) is 0 Å². The summed E-state index contributed by atoms with van der Waals surface area (Å²) in [6, 6.07) is 20.0. The number of benzene rings is 3. The molecule has 2 aromatic heterocycles. The van der Waals surface area contributed by atoms with Gasteiger partial charge in [-0.15, -0.1) is 0 Å². The second kappa shape index (κ2) is 9.14. The molecule has 0 spiro atoms. The van der Waals surface area contributed by atoms with Crippen molar-refractivity contribution in [3.63, 3.8) is 0 Å². The van der Waals surface area contributed by atoms with Crippen LogP contribution in [0.25, 0.3) is 21.8 Å². The van der Waals surface area contributed by atoms with E-state index in [1.54, 1.807) is 18.3 Å². The monoisotopic (exact) mass is 487 g/mol. The summed E-state index contributed by atoms with van der Waals surface area (Å²) in [6.07, 6.45) is 3.24. The van der Waals surface area contributed by atoms with Crippen molar-refractivity contribution in [2.75, 3.05) is 10.6 Å². The quantitative estimate of drug-likeness (QED) is 0.269. The fourth-order valence-corrected chi connectivity index (χ4v) is 4.25. The van der Waals surface area contributed by atoms with Crippen LogP contribution in [0, 0.1) is 17.1 Å². The first-order valence-electron chi connectivity index (χ1n) is 10.3. The van der Waals surface area contributed by atoms with Gasteiger partial charge in [0, 0.05) is 41.1 Å². The molecule has 0 radical (unpaired) electrons. The molecule has 0 fully saturated rings. The Morgan fingerprint density at radius 1 is 0.912 bits per heavy atom. The lowest BCUT2D eigenvalue weighted by atomic mass is 10.1. The van der Waals surface area contributed by atoms with Gasteiger partial charge in [-0.05, 0) is 48.0 Å². The largest absolute Gasteiger partial charge is 0.381 e. The van der Waals surface area contributed by atoms with E-state index in [0.29, 0.717) is 39.4 Å². The third-order valence-corrected chi connectivity index (χ3v) is 6.03. The molecule has 5 rings (SSSR count). The van der Waals surface area contributed by atoms with Gasteiger partial charge >= 0.3 is 0 Å². The summed E-state index contributed by atoms with van der Waals surface area (Å²) in [6.45, 7) is 0.548. The van der Waals surface area contributed by atoms with Crippen molar-refractivity contribution in [2.45, 2.75) is 6.54 Å². The van der Waals surface area contributed by atoms with Crippen LogP contribution < -0.4 is 10.6 Å². The van der Waals surface area contributed by atoms with E-state index in [9.17, 15) is 9.65 Å². The van der Waals surface area contributed by atoms with Gasteiger partial charge < -0.3 is 10.6 Å². The Bertz CT molecular complexity index is 1590. The minimum Gasteiger partial charge on any atom is -0.381 e. The highest BCUT2D eigenvalue weighted by Crippen LogP contribution is 2.35. The summed E-state index contributed by atoms with van der Waals surface area (Å²) in [5, 5.41) is 18.4. The first-order chi connectivity index (χ1) is 16.5. The van der Waals surface area contributed by atoms with Crippen LogP contribution in [0.1, 0.15) is 11.1 Å². The number of anilines is 3. The van der Waals surface area contributed by atoms with E-state index in [-0.39, 0.29) is 5.02 Å². The van der Waals surface area contributed by atoms with E-state index >= 15 is 0 Å². The molecule has 0 saturated heterocycles. The third-order valence-electron chi connectivity index (χ3n) is 5.46. The fraction of sp³-hybridized carbons (Fsp3) is 0.0385. The van der Waals surface area contributed by atoms with Crippen LogP contribution in [0.2, 0.25) is 10.0 Å². The van der Waals surface area contributed by atoms with Gasteiger partial charge in [-0.3, -0.25) is 9.97 Å². The summed E-state index contributed by atoms with van der Waals surface area (Å²) in [5.41, 5.74) is 4.67. The number of nitrogens with one attached hydrogen (secondary N) is 2. The smallest absolute Gasteiger partial charge is 0.141 e. The fourth-order valence-electron chi connectivity index (χ4n) is 3.81. The number of pyridine rings is 2. The first-order valence-corrected chi connectivity index (χ1v) is 11.1. The predicted octanol–water partition coefficient (Wildman–Crippen LogP) is 7.46. The van der Waals surface area contributed by atoms with Crippen molar-refractivity contribution in [3.8, 4) is 6.07 Å². The average Bonchev–Trinajstić information content (AvgIpc) is 2.85. The molecule has 0 aliphatic heterocycles. The first kappa shape index (κ1) is 21.9. The zero-order valence-electron chi connectivity index (χ0n) is 17.6. The molecule has 8 heteroatoms. The number of rotatable bonds is 5. The Kier molecular flexibility index (Phi) is 5.89. The standard InChI is InChI=1S/C26H16Cl2FN5/c27-21-10-17(5-6-23(21)29)34-25-16(12-30)14-33-26-20(25)9-18(11-22(26)28)32-13-15-7-8-31-24-4-2-1-3-19(15)24/h1-11,14,32H,13H2,(H,33,34). The predicted molar refractivity (Wildman–Crippen MR) is 135 cm³/mol. The average molecular weight is 488 g/mol. The summed E-state index contributed by atoms with van der Waals surface area (Å²) in [4.78, 5) is 8.77. The van der Waals surface area contributed by atoms with E-state index in [1.165, 1.54) is 18.3 Å². The molecule has 3 aromatic carbocycles. The summed E-state index contributed by atoms with van der Waals surface area (Å²) >= 11 is 12.5. The highest BCUT2D eigenvalue weighted by molar-refractivity contribution is 6.36. The molecule has 0 amide bonds. The molecule has 5 aromatic rings. The van der Waals surface area contributed by atoms with Gasteiger partial charge in [0.1, 0.15) is 11.9 Å². The minimum atomic E-state index is -0.523. The van der Waals surface area contributed by atoms with Gasteiger partial charge in [-0.2, -0.15) is 5.26 Å². The molecule has 0 aliphatic rings. The van der Waals surface area contributed by atoms with Gasteiger partial charge in [0.25, 0.3) is 0 Å². The topological polar surface area (TPSA) is 73.6 Å². The number of para-hydroxylation sites is 1. The highest BCUT2D eigenvalue weighted by Gasteiger charge is 2.14. The van der Waals surface area contributed by atoms with Crippen LogP contribution in [0.4, 0.5) is 21.5 Å². The molecule has 34 heavy (non-hydrogen) atoms. The van der Waals surface area contributed by atoms with Crippen molar-refractivity contribution >= 4 is 62.1 Å². The van der Waals surface area contributed by atoms with Crippen molar-refractivity contribution in [2.24, 2.45) is 0 Å². The zero-order valence-corrected chi connectivity index (χ0v) is 19.1. The molecular weight excluding hydrogens is 472 g/mol. The van der Waals surface area contributed by atoms with Gasteiger partial charge in [-0.1, -0.05) is 41.4 Å². The molecule has 0 unspecified atom stereocenters. The number of halogens is 3. The van der Waals surface area contributed by atoms with Crippen LogP contribution in [0.5, 0.6) is 0 Å². The number of hydrogen-bond donors (Lipinski definition) is 2. The lowest BCUT2D eigenvalue weighted by molar-refractivity contribution is 0.628. The van der Waals surface area contributed by atoms with Crippen LogP contribution in [0.3, 0.4) is 0 Å². The number of nitrogens with zero attached hydrogens (tertiary/aromatic N) is 3. The van der Waals surface area contributed by atoms with E-state index in [4.69, 9.17) is 23.2 Å². The molecule has 166 valence electrons. The third kappa shape index (κ3) is 4.19. The molecule has 0 saturated carbocycles. The Morgan fingerprint density at radius 3 is 2.56 bits per heavy atom. The summed E-state index contributed by atoms with van der Waals surface area (Å²) in [7, 11) is 0. The van der Waals surface area contributed by atoms with Crippen molar-refractivity contribution < 1.29 is 4.39 Å². The van der Waals surface area contributed by atoms with E-state index in [2.05, 4.69) is 26.7 Å². The Hall–Kier alpha value is -3.92. The van der Waals surface area contributed by atoms with E-state index in [1.807, 2.05) is 36.4 Å². The number of hydrogen-bond acceptors (Lipinski definition) is 5. The van der Waals surface area contributed by atoms with Gasteiger partial charge in [0.2, 0.25) is 0 Å². The maximum atomic E-state index is 13.6. The maximum Gasteiger partial charge on any atom is 0.141 e. The lowest BCUT2D eigenvalue weighted by Crippen LogP contribution is -2.02. The summed E-state index contributed by atoms with van der Waals surface area (Å²) in [5.74, 6) is -0.523. The highest BCUT2D eigenvalue weighted by atomic mass is 35.5. The van der Waals surface area contributed by atoms with Crippen molar-refractivity contribution in [3.05, 3.63) is 100 Å². The van der Waals surface area contributed by atoms with Crippen molar-refractivity contribution in [1.82, 2.24) is 9.97 Å². The van der Waals surface area contributed by atoms with Gasteiger partial charge in [-0.25, -0.2) is 4.39 Å². The number of nitriles is 1. The van der Waals surface area contributed by atoms with Crippen LogP contribution >= 0.6 is 23.2 Å². The second-order valence-electron chi connectivity index (χ2n) is 7.61. The molecule has 0 bridgehead atoms. The Labute approximate surface area is 204 Å². The lowest BCUT2D eigenvalue weighted by Gasteiger charge is -2.15. The Morgan fingerprint density at radius 2 is 1.74 bits per heavy atom. The maximum absolute atomic E-state index is 13.6. The van der Waals surface area contributed by atoms with Crippen molar-refractivity contribution in [1.29, 1.82) is 5.26 Å². The van der Waals surface area contributed by atoms with E-state index < -0.39 is 5.82 Å². The van der Waals surface area contributed by atoms with E-state index in [0.717, 1.165) is 22.2 Å². The molecule has 0 atom stereocenters. The molecule has 2 N–H and O–H groups in total. The summed E-state index contributed by atoms with van der Waals surface area (Å²) < 4.78 is 13.6. The van der Waals surface area contributed by atoms with Crippen LogP contribution in [-0.2, 0) is 6.54 Å². The SMILES string of the molecule is N#Cc1cnc2c(Cl)cc(NCc3ccnc4ccccc34)cc2c1Nc1ccc(F)c(Cl)c1. The van der Waals surface area contributed by atoms with Crippen LogP contribution in [-0.4, -0.2) is 9.97 Å².